The Bertz CT molecular complexity index is 403. The van der Waals surface area contributed by atoms with Gasteiger partial charge in [-0.05, 0) is 25.0 Å². The lowest BCUT2D eigenvalue weighted by Crippen LogP contribution is -2.36. The summed E-state index contributed by atoms with van der Waals surface area (Å²) in [7, 11) is 0. The Kier molecular flexibility index (Phi) is 7.69. The van der Waals surface area contributed by atoms with Crippen LogP contribution in [0.1, 0.15) is 18.9 Å². The molecule has 0 saturated carbocycles. The number of amides is 1. The van der Waals surface area contributed by atoms with Gasteiger partial charge in [0.15, 0.2) is 0 Å². The number of aliphatic hydroxyl groups is 2. The number of hydrogen-bond donors (Lipinski definition) is 2. The van der Waals surface area contributed by atoms with Gasteiger partial charge in [-0.15, -0.1) is 0 Å². The highest BCUT2D eigenvalue weighted by atomic mass is 16.5. The highest BCUT2D eigenvalue weighted by Gasteiger charge is 2.13. The lowest BCUT2D eigenvalue weighted by atomic mass is 10.1. The number of benzene rings is 1. The summed E-state index contributed by atoms with van der Waals surface area (Å²) in [4.78, 5) is 13.5. The number of aryl methyl sites for hydroxylation is 1. The zero-order valence-electron chi connectivity index (χ0n) is 11.9. The van der Waals surface area contributed by atoms with Crippen molar-refractivity contribution in [2.75, 3.05) is 32.9 Å². The fourth-order valence-electron chi connectivity index (χ4n) is 2.01. The quantitative estimate of drug-likeness (QED) is 0.703. The molecule has 1 aromatic carbocycles. The minimum atomic E-state index is -0.0960. The van der Waals surface area contributed by atoms with Crippen LogP contribution in [0.5, 0.6) is 5.75 Å². The predicted octanol–water partition coefficient (Wildman–Crippen LogP) is 0.831. The Hall–Kier alpha value is -1.59. The van der Waals surface area contributed by atoms with Gasteiger partial charge in [-0.2, -0.15) is 0 Å². The number of rotatable bonds is 9. The topological polar surface area (TPSA) is 70.0 Å². The van der Waals surface area contributed by atoms with Gasteiger partial charge in [-0.1, -0.05) is 18.2 Å². The molecule has 0 aliphatic carbocycles. The third-order valence-electron chi connectivity index (χ3n) is 2.97. The normalized spacial score (nSPS) is 10.3. The highest BCUT2D eigenvalue weighted by molar-refractivity contribution is 5.76. The van der Waals surface area contributed by atoms with Crippen molar-refractivity contribution in [2.24, 2.45) is 0 Å². The molecule has 1 amide bonds. The van der Waals surface area contributed by atoms with Gasteiger partial charge in [0.05, 0.1) is 19.8 Å². The first-order chi connectivity index (χ1) is 9.72. The van der Waals surface area contributed by atoms with Gasteiger partial charge in [-0.3, -0.25) is 4.79 Å². The summed E-state index contributed by atoms with van der Waals surface area (Å²) >= 11 is 0. The molecular weight excluding hydrogens is 258 g/mol. The molecule has 0 spiro atoms. The molecule has 0 heterocycles. The maximum Gasteiger partial charge on any atom is 0.223 e. The summed E-state index contributed by atoms with van der Waals surface area (Å²) in [5.74, 6) is 0.734. The van der Waals surface area contributed by atoms with Crippen LogP contribution < -0.4 is 4.74 Å². The van der Waals surface area contributed by atoms with Crippen molar-refractivity contribution < 1.29 is 19.7 Å². The van der Waals surface area contributed by atoms with Crippen LogP contribution in [0.15, 0.2) is 24.3 Å². The molecule has 2 N–H and O–H groups in total. The summed E-state index contributed by atoms with van der Waals surface area (Å²) < 4.78 is 5.52. The van der Waals surface area contributed by atoms with E-state index in [1.165, 1.54) is 4.90 Å². The number of carbonyl (C=O) groups is 1. The lowest BCUT2D eigenvalue weighted by molar-refractivity contribution is -0.132. The zero-order chi connectivity index (χ0) is 14.8. The third kappa shape index (κ3) is 5.19. The molecule has 0 atom stereocenters. The van der Waals surface area contributed by atoms with Crippen molar-refractivity contribution in [3.8, 4) is 5.75 Å². The largest absolute Gasteiger partial charge is 0.494 e. The molecule has 0 unspecified atom stereocenters. The van der Waals surface area contributed by atoms with Crippen LogP contribution >= 0.6 is 0 Å². The molecule has 20 heavy (non-hydrogen) atoms. The van der Waals surface area contributed by atoms with E-state index in [0.717, 1.165) is 11.3 Å². The van der Waals surface area contributed by atoms with E-state index >= 15 is 0 Å². The minimum absolute atomic E-state index is 0.0700. The van der Waals surface area contributed by atoms with E-state index in [9.17, 15) is 4.79 Å². The fraction of sp³-hybridized carbons (Fsp3) is 0.533. The maximum atomic E-state index is 12.0. The second kappa shape index (κ2) is 9.34. The first-order valence-corrected chi connectivity index (χ1v) is 6.93. The second-order valence-electron chi connectivity index (χ2n) is 4.37. The smallest absolute Gasteiger partial charge is 0.223 e. The van der Waals surface area contributed by atoms with Crippen molar-refractivity contribution in [2.45, 2.75) is 19.8 Å². The van der Waals surface area contributed by atoms with Crippen molar-refractivity contribution in [3.05, 3.63) is 29.8 Å². The number of para-hydroxylation sites is 1. The van der Waals surface area contributed by atoms with Crippen LogP contribution in [0.4, 0.5) is 0 Å². The maximum absolute atomic E-state index is 12.0. The fourth-order valence-corrected chi connectivity index (χ4v) is 2.01. The van der Waals surface area contributed by atoms with Crippen molar-refractivity contribution in [3.63, 3.8) is 0 Å². The lowest BCUT2D eigenvalue weighted by Gasteiger charge is -2.20. The van der Waals surface area contributed by atoms with E-state index < -0.39 is 0 Å². The van der Waals surface area contributed by atoms with E-state index in [1.807, 2.05) is 31.2 Å². The molecule has 0 aromatic heterocycles. The van der Waals surface area contributed by atoms with Crippen LogP contribution in [0, 0.1) is 0 Å². The van der Waals surface area contributed by atoms with E-state index in [2.05, 4.69) is 0 Å². The van der Waals surface area contributed by atoms with Crippen molar-refractivity contribution in [1.29, 1.82) is 0 Å². The number of aliphatic hydroxyl groups excluding tert-OH is 2. The van der Waals surface area contributed by atoms with E-state index in [4.69, 9.17) is 14.9 Å². The SMILES string of the molecule is CCOc1ccccc1CCC(=O)N(CCO)CCO. The van der Waals surface area contributed by atoms with Gasteiger partial charge in [0.25, 0.3) is 0 Å². The predicted molar refractivity (Wildman–Crippen MR) is 76.7 cm³/mol. The minimum Gasteiger partial charge on any atom is -0.494 e. The summed E-state index contributed by atoms with van der Waals surface area (Å²) in [5.41, 5.74) is 0.996. The highest BCUT2D eigenvalue weighted by Crippen LogP contribution is 2.19. The molecule has 0 saturated heterocycles. The zero-order valence-corrected chi connectivity index (χ0v) is 11.9. The van der Waals surface area contributed by atoms with Gasteiger partial charge in [-0.25, -0.2) is 0 Å². The molecule has 0 aliphatic rings. The number of hydrogen-bond acceptors (Lipinski definition) is 4. The molecule has 5 heteroatoms. The van der Waals surface area contributed by atoms with Gasteiger partial charge >= 0.3 is 0 Å². The molecule has 1 rings (SSSR count). The Morgan fingerprint density at radius 3 is 2.45 bits per heavy atom. The summed E-state index contributed by atoms with van der Waals surface area (Å²) in [6, 6.07) is 7.66. The Morgan fingerprint density at radius 2 is 1.85 bits per heavy atom. The van der Waals surface area contributed by atoms with E-state index in [1.54, 1.807) is 0 Å². The van der Waals surface area contributed by atoms with Gasteiger partial charge in [0.1, 0.15) is 5.75 Å². The Labute approximate surface area is 119 Å². The third-order valence-corrected chi connectivity index (χ3v) is 2.97. The molecule has 0 bridgehead atoms. The Balaban J connectivity index is 2.59. The van der Waals surface area contributed by atoms with Crippen LogP contribution in [-0.4, -0.2) is 53.9 Å². The van der Waals surface area contributed by atoms with Crippen LogP contribution in [-0.2, 0) is 11.2 Å². The monoisotopic (exact) mass is 281 g/mol. The van der Waals surface area contributed by atoms with E-state index in [0.29, 0.717) is 19.4 Å². The molecular formula is C15H23NO4. The van der Waals surface area contributed by atoms with E-state index in [-0.39, 0.29) is 32.2 Å². The number of ether oxygens (including phenoxy) is 1. The summed E-state index contributed by atoms with van der Waals surface area (Å²) in [6.07, 6.45) is 0.923. The molecule has 0 fully saturated rings. The van der Waals surface area contributed by atoms with Crippen LogP contribution in [0.3, 0.4) is 0 Å². The standard InChI is InChI=1S/C15H23NO4/c1-2-20-14-6-4-3-5-13(14)7-8-15(19)16(9-11-17)10-12-18/h3-6,17-18H,2,7-12H2,1H3. The molecule has 5 nitrogen and oxygen atoms in total. The van der Waals surface area contributed by atoms with Crippen molar-refractivity contribution >= 4 is 5.91 Å². The molecule has 112 valence electrons. The van der Waals surface area contributed by atoms with Crippen molar-refractivity contribution in [1.82, 2.24) is 4.90 Å². The second-order valence-corrected chi connectivity index (χ2v) is 4.37. The number of nitrogens with zero attached hydrogens (tertiary/aromatic N) is 1. The van der Waals surface area contributed by atoms with Gasteiger partial charge in [0.2, 0.25) is 5.91 Å². The molecule has 1 aromatic rings. The molecule has 0 radical (unpaired) electrons. The average Bonchev–Trinajstić information content (AvgIpc) is 2.46. The summed E-state index contributed by atoms with van der Waals surface area (Å²) in [6.45, 7) is 2.83. The summed E-state index contributed by atoms with van der Waals surface area (Å²) in [5, 5.41) is 17.8. The number of carbonyl (C=O) groups excluding carboxylic acids is 1. The van der Waals surface area contributed by atoms with Crippen LogP contribution in [0.25, 0.3) is 0 Å². The molecule has 0 aliphatic heterocycles. The Morgan fingerprint density at radius 1 is 1.20 bits per heavy atom. The average molecular weight is 281 g/mol. The first-order valence-electron chi connectivity index (χ1n) is 6.93. The van der Waals surface area contributed by atoms with Crippen LogP contribution in [0.2, 0.25) is 0 Å². The first kappa shape index (κ1) is 16.5. The van der Waals surface area contributed by atoms with Gasteiger partial charge < -0.3 is 19.8 Å². The van der Waals surface area contributed by atoms with Gasteiger partial charge in [0, 0.05) is 19.5 Å².